The smallest absolute Gasteiger partial charge is 0.335 e. The zero-order valence-corrected chi connectivity index (χ0v) is 18.7. The average molecular weight is 456 g/mol. The quantitative estimate of drug-likeness (QED) is 0.572. The first kappa shape index (κ1) is 23.1. The van der Waals surface area contributed by atoms with E-state index in [9.17, 15) is 9.59 Å². The molecule has 0 spiro atoms. The Morgan fingerprint density at radius 1 is 0.686 bits per heavy atom. The molecule has 0 saturated heterocycles. The highest BCUT2D eigenvalue weighted by Crippen LogP contribution is 2.13. The molecule has 35 heavy (non-hydrogen) atoms. The van der Waals surface area contributed by atoms with Crippen LogP contribution in [0.4, 0.5) is 0 Å². The van der Waals surface area contributed by atoms with Crippen LogP contribution in [-0.2, 0) is 0 Å². The molecule has 4 heteroatoms. The number of carboxylic acid groups (broad SMARTS) is 2. The molecule has 1 aliphatic rings. The van der Waals surface area contributed by atoms with Crippen LogP contribution in [0, 0.1) is 23.7 Å². The minimum Gasteiger partial charge on any atom is -0.478 e. The van der Waals surface area contributed by atoms with Gasteiger partial charge in [0.15, 0.2) is 0 Å². The molecule has 0 saturated carbocycles. The number of benzene rings is 3. The number of hydrogen-bond donors (Lipinski definition) is 2. The Bertz CT molecular complexity index is 1610. The second-order valence-electron chi connectivity index (χ2n) is 7.80. The number of allylic oxidation sites excluding steroid dienone is 3. The first-order valence-electron chi connectivity index (χ1n) is 10.8. The maximum Gasteiger partial charge on any atom is 0.335 e. The predicted octanol–water partition coefficient (Wildman–Crippen LogP) is 4.00. The lowest BCUT2D eigenvalue weighted by molar-refractivity contribution is 0.0686. The number of fused-ring (bicyclic) bond motifs is 1. The second-order valence-corrected chi connectivity index (χ2v) is 7.80. The third-order valence-corrected chi connectivity index (χ3v) is 5.44. The standard InChI is InChI=1S/C31H20O4/c1-21-5-4-6-24(15-9-22-10-16-25(17-11-22)30(32)33)28-7-2-3-8-29(28)27(21)20-14-23-12-18-26(19-13-23)31(34)35/h2-5,7-8,10-13,16-19H,1,6H2,(H,32,33)(H,34,35)/b5-4-,28-24+,29-27-. The van der Waals surface area contributed by atoms with Crippen LogP contribution in [-0.4, -0.2) is 22.2 Å². The molecule has 0 atom stereocenters. The van der Waals surface area contributed by atoms with E-state index in [1.54, 1.807) is 24.3 Å². The lowest BCUT2D eigenvalue weighted by Crippen LogP contribution is -2.29. The van der Waals surface area contributed by atoms with Crippen LogP contribution in [0.3, 0.4) is 0 Å². The van der Waals surface area contributed by atoms with Crippen molar-refractivity contribution in [2.75, 3.05) is 0 Å². The molecule has 4 nitrogen and oxygen atoms in total. The van der Waals surface area contributed by atoms with Crippen LogP contribution in [0.15, 0.2) is 97.1 Å². The van der Waals surface area contributed by atoms with Crippen molar-refractivity contribution in [2.24, 2.45) is 0 Å². The Morgan fingerprint density at radius 3 is 1.74 bits per heavy atom. The van der Waals surface area contributed by atoms with Gasteiger partial charge in [-0.1, -0.05) is 66.7 Å². The van der Waals surface area contributed by atoms with Crippen LogP contribution in [0.25, 0.3) is 11.1 Å². The molecule has 0 heterocycles. The van der Waals surface area contributed by atoms with Crippen molar-refractivity contribution in [3.8, 4) is 23.7 Å². The van der Waals surface area contributed by atoms with Crippen LogP contribution in [0.1, 0.15) is 38.3 Å². The largest absolute Gasteiger partial charge is 0.478 e. The van der Waals surface area contributed by atoms with Crippen LogP contribution < -0.4 is 10.4 Å². The first-order valence-corrected chi connectivity index (χ1v) is 10.8. The third-order valence-electron chi connectivity index (χ3n) is 5.44. The zero-order valence-electron chi connectivity index (χ0n) is 18.7. The fraction of sp³-hybridized carbons (Fsp3) is 0.0323. The molecule has 0 fully saturated rings. The van der Waals surface area contributed by atoms with Crippen molar-refractivity contribution < 1.29 is 19.8 Å². The zero-order chi connectivity index (χ0) is 24.8. The molecule has 0 aromatic heterocycles. The topological polar surface area (TPSA) is 74.6 Å². The summed E-state index contributed by atoms with van der Waals surface area (Å²) in [4.78, 5) is 22.2. The normalized spacial score (nSPS) is 16.3. The number of carbonyl (C=O) groups is 2. The van der Waals surface area contributed by atoms with E-state index >= 15 is 0 Å². The summed E-state index contributed by atoms with van der Waals surface area (Å²) in [6.07, 6.45) is 4.55. The molecule has 3 aromatic rings. The van der Waals surface area contributed by atoms with E-state index in [0.29, 0.717) is 12.0 Å². The number of aromatic carboxylic acids is 2. The fourth-order valence-electron chi connectivity index (χ4n) is 3.59. The summed E-state index contributed by atoms with van der Waals surface area (Å²) in [6, 6.07) is 20.8. The van der Waals surface area contributed by atoms with Gasteiger partial charge in [-0.25, -0.2) is 9.59 Å². The Labute approximate surface area is 202 Å². The lowest BCUT2D eigenvalue weighted by atomic mass is 9.96. The molecule has 3 aromatic carbocycles. The summed E-state index contributed by atoms with van der Waals surface area (Å²) >= 11 is 0. The minimum atomic E-state index is -0.978. The molecule has 168 valence electrons. The molecule has 0 amide bonds. The van der Waals surface area contributed by atoms with Gasteiger partial charge in [0.05, 0.1) is 11.1 Å². The summed E-state index contributed by atoms with van der Waals surface area (Å²) in [5, 5.41) is 20.0. The maximum absolute atomic E-state index is 11.1. The molecule has 0 bridgehead atoms. The summed E-state index contributed by atoms with van der Waals surface area (Å²) < 4.78 is 0. The van der Waals surface area contributed by atoms with Gasteiger partial charge in [0, 0.05) is 22.3 Å². The van der Waals surface area contributed by atoms with Gasteiger partial charge in [-0.2, -0.15) is 0 Å². The van der Waals surface area contributed by atoms with Gasteiger partial charge in [0.25, 0.3) is 0 Å². The highest BCUT2D eigenvalue weighted by atomic mass is 16.4. The van der Waals surface area contributed by atoms with Gasteiger partial charge in [0.2, 0.25) is 0 Å². The van der Waals surface area contributed by atoms with Crippen molar-refractivity contribution in [1.82, 2.24) is 0 Å². The average Bonchev–Trinajstić information content (AvgIpc) is 2.86. The Hall–Kier alpha value is -5.06. The fourth-order valence-corrected chi connectivity index (χ4v) is 3.59. The number of rotatable bonds is 2. The Balaban J connectivity index is 1.83. The Kier molecular flexibility index (Phi) is 6.77. The molecular weight excluding hydrogens is 436 g/mol. The van der Waals surface area contributed by atoms with Crippen molar-refractivity contribution >= 4 is 23.1 Å². The lowest BCUT2D eigenvalue weighted by Gasteiger charge is -2.07. The van der Waals surface area contributed by atoms with E-state index in [1.165, 1.54) is 24.3 Å². The second kappa shape index (κ2) is 10.3. The SMILES string of the molecule is C=C1/C=C\C/C(C#Cc2ccc(C(=O)O)cc2)=c2/cccc/c2=C/1C#Cc1ccc(C(=O)O)cc1. The van der Waals surface area contributed by atoms with Crippen molar-refractivity contribution in [3.63, 3.8) is 0 Å². The summed E-state index contributed by atoms with van der Waals surface area (Å²) in [6.45, 7) is 4.19. The molecule has 4 rings (SSSR count). The molecule has 2 N–H and O–H groups in total. The van der Waals surface area contributed by atoms with E-state index in [4.69, 9.17) is 10.2 Å². The molecule has 0 aliphatic heterocycles. The van der Waals surface area contributed by atoms with E-state index in [-0.39, 0.29) is 11.1 Å². The summed E-state index contributed by atoms with van der Waals surface area (Å²) in [7, 11) is 0. The highest BCUT2D eigenvalue weighted by Gasteiger charge is 2.06. The van der Waals surface area contributed by atoms with Gasteiger partial charge in [-0.05, 0) is 71.0 Å². The van der Waals surface area contributed by atoms with Crippen LogP contribution >= 0.6 is 0 Å². The first-order chi connectivity index (χ1) is 16.9. The minimum absolute atomic E-state index is 0.210. The Morgan fingerprint density at radius 2 is 1.20 bits per heavy atom. The molecule has 0 radical (unpaired) electrons. The number of carboxylic acids is 2. The predicted molar refractivity (Wildman–Crippen MR) is 136 cm³/mol. The van der Waals surface area contributed by atoms with E-state index in [0.717, 1.165) is 32.7 Å². The third kappa shape index (κ3) is 5.47. The van der Waals surface area contributed by atoms with E-state index in [1.807, 2.05) is 36.4 Å². The summed E-state index contributed by atoms with van der Waals surface area (Å²) in [5.41, 5.74) is 4.32. The molecule has 0 unspecified atom stereocenters. The van der Waals surface area contributed by atoms with Gasteiger partial charge in [-0.3, -0.25) is 0 Å². The van der Waals surface area contributed by atoms with E-state index < -0.39 is 11.9 Å². The molecular formula is C31H20O4. The van der Waals surface area contributed by atoms with Crippen LogP contribution in [0.2, 0.25) is 0 Å². The van der Waals surface area contributed by atoms with E-state index in [2.05, 4.69) is 30.3 Å². The van der Waals surface area contributed by atoms with Crippen molar-refractivity contribution in [2.45, 2.75) is 6.42 Å². The maximum atomic E-state index is 11.1. The highest BCUT2D eigenvalue weighted by molar-refractivity contribution is 5.88. The number of hydrogen-bond acceptors (Lipinski definition) is 2. The van der Waals surface area contributed by atoms with Crippen molar-refractivity contribution in [1.29, 1.82) is 0 Å². The molecule has 1 aliphatic carbocycles. The van der Waals surface area contributed by atoms with Gasteiger partial charge in [0.1, 0.15) is 0 Å². The van der Waals surface area contributed by atoms with Crippen molar-refractivity contribution in [3.05, 3.63) is 130 Å². The van der Waals surface area contributed by atoms with Gasteiger partial charge >= 0.3 is 11.9 Å². The monoisotopic (exact) mass is 456 g/mol. The van der Waals surface area contributed by atoms with Crippen LogP contribution in [0.5, 0.6) is 0 Å². The van der Waals surface area contributed by atoms with Gasteiger partial charge < -0.3 is 10.2 Å². The summed E-state index contributed by atoms with van der Waals surface area (Å²) in [5.74, 6) is 10.8. The van der Waals surface area contributed by atoms with Gasteiger partial charge in [-0.15, -0.1) is 0 Å².